The zero-order valence-corrected chi connectivity index (χ0v) is 12.8. The van der Waals surface area contributed by atoms with Crippen molar-refractivity contribution < 1.29 is 14.4 Å². The Labute approximate surface area is 130 Å². The fourth-order valence-corrected chi connectivity index (χ4v) is 3.96. The average molecular weight is 308 g/mol. The van der Waals surface area contributed by atoms with Gasteiger partial charge in [0.05, 0.1) is 0 Å². The number of rotatable bonds is 4. The molecule has 3 fully saturated rings. The summed E-state index contributed by atoms with van der Waals surface area (Å²) in [6.07, 6.45) is 5.45. The number of nitrogens with two attached hydrogens (primary N) is 1. The summed E-state index contributed by atoms with van der Waals surface area (Å²) in [7, 11) is 0. The highest BCUT2D eigenvalue weighted by molar-refractivity contribution is 6.07. The van der Waals surface area contributed by atoms with E-state index >= 15 is 0 Å². The van der Waals surface area contributed by atoms with Crippen molar-refractivity contribution in [3.05, 3.63) is 0 Å². The smallest absolute Gasteiger partial charge is 0.325 e. The molecule has 0 unspecified atom stereocenters. The SMILES string of the molecule is NC[C@@H]1CCCN1C(=O)CCN1C(=O)NC2(CCCC2)C1=O. The lowest BCUT2D eigenvalue weighted by molar-refractivity contribution is -0.134. The summed E-state index contributed by atoms with van der Waals surface area (Å²) in [5, 5.41) is 2.83. The summed E-state index contributed by atoms with van der Waals surface area (Å²) in [6, 6.07) is -0.242. The highest BCUT2D eigenvalue weighted by Crippen LogP contribution is 2.35. The van der Waals surface area contributed by atoms with Gasteiger partial charge in [0, 0.05) is 32.1 Å². The molecule has 2 saturated heterocycles. The first-order valence-electron chi connectivity index (χ1n) is 8.21. The summed E-state index contributed by atoms with van der Waals surface area (Å²) in [4.78, 5) is 39.9. The Balaban J connectivity index is 1.58. The number of likely N-dealkylation sites (tertiary alicyclic amines) is 1. The van der Waals surface area contributed by atoms with E-state index in [0.717, 1.165) is 32.2 Å². The van der Waals surface area contributed by atoms with E-state index in [1.54, 1.807) is 4.90 Å². The topological polar surface area (TPSA) is 95.7 Å². The van der Waals surface area contributed by atoms with Crippen LogP contribution in [0.2, 0.25) is 0 Å². The molecule has 3 N–H and O–H groups in total. The van der Waals surface area contributed by atoms with Crippen molar-refractivity contribution in [2.45, 2.75) is 56.5 Å². The Hall–Kier alpha value is -1.63. The van der Waals surface area contributed by atoms with Crippen LogP contribution in [0.3, 0.4) is 0 Å². The molecule has 1 saturated carbocycles. The molecule has 1 aliphatic carbocycles. The van der Waals surface area contributed by atoms with Crippen molar-refractivity contribution in [1.29, 1.82) is 0 Å². The molecule has 22 heavy (non-hydrogen) atoms. The molecular weight excluding hydrogens is 284 g/mol. The second-order valence-electron chi connectivity index (χ2n) is 6.55. The van der Waals surface area contributed by atoms with Gasteiger partial charge in [-0.25, -0.2) is 4.79 Å². The van der Waals surface area contributed by atoms with Crippen LogP contribution in [0.5, 0.6) is 0 Å². The van der Waals surface area contributed by atoms with Gasteiger partial charge in [-0.3, -0.25) is 14.5 Å². The van der Waals surface area contributed by atoms with Crippen molar-refractivity contribution >= 4 is 17.8 Å². The van der Waals surface area contributed by atoms with Crippen LogP contribution in [0.15, 0.2) is 0 Å². The normalized spacial score (nSPS) is 27.0. The van der Waals surface area contributed by atoms with Gasteiger partial charge in [0.25, 0.3) is 5.91 Å². The predicted molar refractivity (Wildman–Crippen MR) is 79.9 cm³/mol. The molecule has 0 aromatic carbocycles. The van der Waals surface area contributed by atoms with E-state index in [4.69, 9.17) is 5.73 Å². The number of carbonyl (C=O) groups excluding carboxylic acids is 3. The number of hydrogen-bond acceptors (Lipinski definition) is 4. The number of nitrogens with one attached hydrogen (secondary N) is 1. The van der Waals surface area contributed by atoms with E-state index < -0.39 is 5.54 Å². The third kappa shape index (κ3) is 2.47. The number of imide groups is 1. The first-order chi connectivity index (χ1) is 10.6. The van der Waals surface area contributed by atoms with Crippen molar-refractivity contribution in [2.24, 2.45) is 5.73 Å². The third-order valence-electron chi connectivity index (χ3n) is 5.22. The van der Waals surface area contributed by atoms with Gasteiger partial charge < -0.3 is 16.0 Å². The quantitative estimate of drug-likeness (QED) is 0.725. The number of urea groups is 1. The monoisotopic (exact) mass is 308 g/mol. The predicted octanol–water partition coefficient (Wildman–Crippen LogP) is 0.191. The van der Waals surface area contributed by atoms with E-state index in [2.05, 4.69) is 5.32 Å². The third-order valence-corrected chi connectivity index (χ3v) is 5.22. The van der Waals surface area contributed by atoms with E-state index in [9.17, 15) is 14.4 Å². The molecule has 0 aromatic heterocycles. The number of amides is 4. The number of hydrogen-bond donors (Lipinski definition) is 2. The summed E-state index contributed by atoms with van der Waals surface area (Å²) in [6.45, 7) is 1.36. The molecule has 7 heteroatoms. The van der Waals surface area contributed by atoms with Crippen LogP contribution in [-0.2, 0) is 9.59 Å². The van der Waals surface area contributed by atoms with E-state index in [-0.39, 0.29) is 36.9 Å². The van der Waals surface area contributed by atoms with Gasteiger partial charge in [-0.2, -0.15) is 0 Å². The maximum atomic E-state index is 12.5. The minimum absolute atomic E-state index is 0.0130. The van der Waals surface area contributed by atoms with Crippen LogP contribution in [0.25, 0.3) is 0 Å². The molecule has 1 spiro atoms. The average Bonchev–Trinajstić information content (AvgIpc) is 3.20. The molecule has 1 atom stereocenters. The molecule has 4 amide bonds. The largest absolute Gasteiger partial charge is 0.338 e. The Bertz CT molecular complexity index is 487. The van der Waals surface area contributed by atoms with E-state index in [1.807, 2.05) is 0 Å². The highest BCUT2D eigenvalue weighted by Gasteiger charge is 2.52. The van der Waals surface area contributed by atoms with Crippen molar-refractivity contribution in [3.63, 3.8) is 0 Å². The van der Waals surface area contributed by atoms with Crippen LogP contribution >= 0.6 is 0 Å². The molecule has 0 bridgehead atoms. The molecule has 3 aliphatic rings. The Morgan fingerprint density at radius 3 is 2.68 bits per heavy atom. The van der Waals surface area contributed by atoms with E-state index in [0.29, 0.717) is 19.4 Å². The molecule has 3 rings (SSSR count). The van der Waals surface area contributed by atoms with Crippen molar-refractivity contribution in [1.82, 2.24) is 15.1 Å². The first kappa shape index (κ1) is 15.3. The lowest BCUT2D eigenvalue weighted by Gasteiger charge is -2.24. The second kappa shape index (κ2) is 5.87. The maximum absolute atomic E-state index is 12.5. The van der Waals surface area contributed by atoms with Gasteiger partial charge in [0.1, 0.15) is 5.54 Å². The maximum Gasteiger partial charge on any atom is 0.325 e. The van der Waals surface area contributed by atoms with Gasteiger partial charge in [-0.1, -0.05) is 12.8 Å². The summed E-state index contributed by atoms with van der Waals surface area (Å²) < 4.78 is 0. The first-order valence-corrected chi connectivity index (χ1v) is 8.21. The molecule has 2 heterocycles. The van der Waals surface area contributed by atoms with Crippen LogP contribution in [0.4, 0.5) is 4.79 Å². The van der Waals surface area contributed by atoms with Crippen molar-refractivity contribution in [3.8, 4) is 0 Å². The van der Waals surface area contributed by atoms with Crippen LogP contribution in [0.1, 0.15) is 44.9 Å². The van der Waals surface area contributed by atoms with Crippen LogP contribution < -0.4 is 11.1 Å². The van der Waals surface area contributed by atoms with E-state index in [1.165, 1.54) is 4.90 Å². The fraction of sp³-hybridized carbons (Fsp3) is 0.800. The van der Waals surface area contributed by atoms with Gasteiger partial charge in [-0.15, -0.1) is 0 Å². The zero-order valence-electron chi connectivity index (χ0n) is 12.8. The Morgan fingerprint density at radius 2 is 2.00 bits per heavy atom. The Kier molecular flexibility index (Phi) is 4.08. The van der Waals surface area contributed by atoms with Crippen LogP contribution in [-0.4, -0.2) is 58.9 Å². The lowest BCUT2D eigenvalue weighted by atomic mass is 9.98. The summed E-state index contributed by atoms with van der Waals surface area (Å²) >= 11 is 0. The molecule has 0 aromatic rings. The van der Waals surface area contributed by atoms with Gasteiger partial charge in [0.15, 0.2) is 0 Å². The van der Waals surface area contributed by atoms with Crippen LogP contribution in [0, 0.1) is 0 Å². The van der Waals surface area contributed by atoms with Crippen molar-refractivity contribution in [2.75, 3.05) is 19.6 Å². The lowest BCUT2D eigenvalue weighted by Crippen LogP contribution is -2.44. The minimum atomic E-state index is -0.687. The van der Waals surface area contributed by atoms with Gasteiger partial charge in [-0.05, 0) is 25.7 Å². The highest BCUT2D eigenvalue weighted by atomic mass is 16.2. The van der Waals surface area contributed by atoms with Gasteiger partial charge in [0.2, 0.25) is 5.91 Å². The second-order valence-corrected chi connectivity index (χ2v) is 6.55. The fourth-order valence-electron chi connectivity index (χ4n) is 3.96. The summed E-state index contributed by atoms with van der Waals surface area (Å²) in [5.41, 5.74) is 4.99. The van der Waals surface area contributed by atoms with Gasteiger partial charge >= 0.3 is 6.03 Å². The standard InChI is InChI=1S/C15H24N4O3/c16-10-11-4-3-8-18(11)12(20)5-9-19-13(21)15(17-14(19)22)6-1-2-7-15/h11H,1-10,16H2,(H,17,22)/t11-/m0/s1. The number of carbonyl (C=O) groups is 3. The molecule has 7 nitrogen and oxygen atoms in total. The molecule has 122 valence electrons. The molecule has 2 aliphatic heterocycles. The minimum Gasteiger partial charge on any atom is -0.338 e. The molecule has 0 radical (unpaired) electrons. The zero-order chi connectivity index (χ0) is 15.7. The summed E-state index contributed by atoms with van der Waals surface area (Å²) in [5.74, 6) is -0.166. The number of nitrogens with zero attached hydrogens (tertiary/aromatic N) is 2. The molecular formula is C15H24N4O3. The Morgan fingerprint density at radius 1 is 1.27 bits per heavy atom.